The Labute approximate surface area is 114 Å². The van der Waals surface area contributed by atoms with Crippen LogP contribution < -0.4 is 0 Å². The van der Waals surface area contributed by atoms with E-state index in [9.17, 15) is 8.78 Å². The summed E-state index contributed by atoms with van der Waals surface area (Å²) in [7, 11) is 0. The van der Waals surface area contributed by atoms with Gasteiger partial charge in [-0.05, 0) is 31.4 Å². The van der Waals surface area contributed by atoms with Gasteiger partial charge in [0.05, 0.1) is 0 Å². The molecule has 1 aromatic rings. The molecule has 0 fully saturated rings. The summed E-state index contributed by atoms with van der Waals surface area (Å²) in [6.07, 6.45) is 11.1. The lowest BCUT2D eigenvalue weighted by molar-refractivity contribution is 0.282. The quantitative estimate of drug-likeness (QED) is 0.643. The van der Waals surface area contributed by atoms with E-state index in [1.54, 1.807) is 6.08 Å². The molecule has 0 saturated carbocycles. The average Bonchev–Trinajstić information content (AvgIpc) is 2.39. The fourth-order valence-electron chi connectivity index (χ4n) is 1.93. The fraction of sp³-hybridized carbons (Fsp3) is 0.500. The van der Waals surface area contributed by atoms with E-state index in [0.717, 1.165) is 44.6 Å². The molecule has 0 atom stereocenters. The summed E-state index contributed by atoms with van der Waals surface area (Å²) in [5.74, 6) is -1.06. The summed E-state index contributed by atoms with van der Waals surface area (Å²) in [5.41, 5.74) is 0.435. The Morgan fingerprint density at radius 1 is 0.947 bits per heavy atom. The Morgan fingerprint density at radius 3 is 2.32 bits per heavy atom. The van der Waals surface area contributed by atoms with Crippen molar-refractivity contribution in [3.8, 4) is 0 Å². The third-order valence-electron chi connectivity index (χ3n) is 3.04. The van der Waals surface area contributed by atoms with E-state index in [4.69, 9.17) is 5.11 Å². The van der Waals surface area contributed by atoms with Crippen molar-refractivity contribution in [1.82, 2.24) is 0 Å². The van der Waals surface area contributed by atoms with Crippen molar-refractivity contribution in [2.75, 3.05) is 6.61 Å². The topological polar surface area (TPSA) is 20.2 Å². The molecule has 0 bridgehead atoms. The molecular weight excluding hydrogens is 246 g/mol. The van der Waals surface area contributed by atoms with Gasteiger partial charge in [0, 0.05) is 18.2 Å². The van der Waals surface area contributed by atoms with Crippen molar-refractivity contribution in [3.63, 3.8) is 0 Å². The third kappa shape index (κ3) is 7.06. The highest BCUT2D eigenvalue weighted by Crippen LogP contribution is 2.13. The van der Waals surface area contributed by atoms with E-state index in [-0.39, 0.29) is 6.61 Å². The number of aliphatic hydroxyl groups is 1. The molecule has 0 aliphatic heterocycles. The van der Waals surface area contributed by atoms with Crippen molar-refractivity contribution in [2.24, 2.45) is 0 Å². The number of benzene rings is 1. The molecule has 0 aliphatic carbocycles. The van der Waals surface area contributed by atoms with Gasteiger partial charge in [-0.3, -0.25) is 0 Å². The van der Waals surface area contributed by atoms with Crippen molar-refractivity contribution in [1.29, 1.82) is 0 Å². The summed E-state index contributed by atoms with van der Waals surface area (Å²) >= 11 is 0. The van der Waals surface area contributed by atoms with Gasteiger partial charge < -0.3 is 5.11 Å². The third-order valence-corrected chi connectivity index (χ3v) is 3.04. The Morgan fingerprint density at radius 2 is 1.63 bits per heavy atom. The van der Waals surface area contributed by atoms with Crippen LogP contribution in [0.1, 0.15) is 50.5 Å². The molecular formula is C16H22F2O. The van der Waals surface area contributed by atoms with Crippen molar-refractivity contribution >= 4 is 6.08 Å². The first-order valence-electron chi connectivity index (χ1n) is 6.96. The number of hydrogen-bond acceptors (Lipinski definition) is 1. The first-order valence-corrected chi connectivity index (χ1v) is 6.96. The van der Waals surface area contributed by atoms with Gasteiger partial charge in [0.2, 0.25) is 0 Å². The molecule has 0 heterocycles. The van der Waals surface area contributed by atoms with Crippen LogP contribution in [0.2, 0.25) is 0 Å². The second-order valence-electron chi connectivity index (χ2n) is 4.70. The molecule has 0 unspecified atom stereocenters. The lowest BCUT2D eigenvalue weighted by atomic mass is 10.1. The first kappa shape index (κ1) is 15.8. The van der Waals surface area contributed by atoms with Gasteiger partial charge in [-0.2, -0.15) is 0 Å². The van der Waals surface area contributed by atoms with Crippen LogP contribution in [0.3, 0.4) is 0 Å². The predicted molar refractivity (Wildman–Crippen MR) is 74.8 cm³/mol. The largest absolute Gasteiger partial charge is 0.396 e. The molecule has 1 N–H and O–H groups in total. The summed E-state index contributed by atoms with van der Waals surface area (Å²) in [4.78, 5) is 0. The number of aliphatic hydroxyl groups excluding tert-OH is 1. The van der Waals surface area contributed by atoms with Crippen molar-refractivity contribution in [3.05, 3.63) is 41.5 Å². The SMILES string of the molecule is OCCCCCCCC/C=C/c1ccc(F)cc1F. The Bertz CT molecular complexity index is 388. The minimum absolute atomic E-state index is 0.284. The van der Waals surface area contributed by atoms with E-state index in [2.05, 4.69) is 0 Å². The van der Waals surface area contributed by atoms with E-state index in [0.29, 0.717) is 5.56 Å². The molecule has 0 aliphatic rings. The lowest BCUT2D eigenvalue weighted by Crippen LogP contribution is -1.84. The van der Waals surface area contributed by atoms with Crippen molar-refractivity contribution in [2.45, 2.75) is 44.9 Å². The van der Waals surface area contributed by atoms with Gasteiger partial charge in [0.15, 0.2) is 0 Å². The van der Waals surface area contributed by atoms with E-state index in [1.165, 1.54) is 18.6 Å². The monoisotopic (exact) mass is 268 g/mol. The summed E-state index contributed by atoms with van der Waals surface area (Å²) in [5, 5.41) is 8.62. The molecule has 1 rings (SSSR count). The van der Waals surface area contributed by atoms with Crippen LogP contribution in [0.5, 0.6) is 0 Å². The van der Waals surface area contributed by atoms with Crippen LogP contribution in [0.25, 0.3) is 6.08 Å². The molecule has 1 aromatic carbocycles. The van der Waals surface area contributed by atoms with E-state index < -0.39 is 11.6 Å². The molecule has 1 nitrogen and oxygen atoms in total. The highest BCUT2D eigenvalue weighted by molar-refractivity contribution is 5.49. The smallest absolute Gasteiger partial charge is 0.133 e. The van der Waals surface area contributed by atoms with Gasteiger partial charge in [-0.15, -0.1) is 0 Å². The normalized spacial score (nSPS) is 11.3. The zero-order valence-electron chi connectivity index (χ0n) is 11.2. The van der Waals surface area contributed by atoms with E-state index >= 15 is 0 Å². The summed E-state index contributed by atoms with van der Waals surface area (Å²) < 4.78 is 26.0. The minimum atomic E-state index is -0.544. The van der Waals surface area contributed by atoms with E-state index in [1.807, 2.05) is 6.08 Å². The molecule has 3 heteroatoms. The maximum absolute atomic E-state index is 13.3. The van der Waals surface area contributed by atoms with Gasteiger partial charge >= 0.3 is 0 Å². The van der Waals surface area contributed by atoms with Gasteiger partial charge in [-0.25, -0.2) is 8.78 Å². The first-order chi connectivity index (χ1) is 9.24. The van der Waals surface area contributed by atoms with Gasteiger partial charge in [-0.1, -0.05) is 37.8 Å². The number of allylic oxidation sites excluding steroid dienone is 1. The molecule has 0 radical (unpaired) electrons. The highest BCUT2D eigenvalue weighted by Gasteiger charge is 1.99. The molecule has 0 saturated heterocycles. The minimum Gasteiger partial charge on any atom is -0.396 e. The maximum atomic E-state index is 13.3. The summed E-state index contributed by atoms with van der Waals surface area (Å²) in [6.45, 7) is 0.284. The highest BCUT2D eigenvalue weighted by atomic mass is 19.1. The zero-order valence-corrected chi connectivity index (χ0v) is 11.2. The van der Waals surface area contributed by atoms with Crippen LogP contribution in [-0.2, 0) is 0 Å². The van der Waals surface area contributed by atoms with Gasteiger partial charge in [0.25, 0.3) is 0 Å². The zero-order chi connectivity index (χ0) is 13.9. The second kappa shape index (κ2) is 9.68. The van der Waals surface area contributed by atoms with Crippen LogP contribution in [0.15, 0.2) is 24.3 Å². The second-order valence-corrected chi connectivity index (χ2v) is 4.70. The Balaban J connectivity index is 2.13. The average molecular weight is 268 g/mol. The van der Waals surface area contributed by atoms with Crippen LogP contribution in [0.4, 0.5) is 8.78 Å². The van der Waals surface area contributed by atoms with Gasteiger partial charge in [0.1, 0.15) is 11.6 Å². The fourth-order valence-corrected chi connectivity index (χ4v) is 1.93. The Kier molecular flexibility index (Phi) is 8.07. The summed E-state index contributed by atoms with van der Waals surface area (Å²) in [6, 6.07) is 3.63. The standard InChI is InChI=1S/C16H22F2O/c17-15-11-10-14(16(18)13-15)9-7-5-3-1-2-4-6-8-12-19/h7,9-11,13,19H,1-6,8,12H2/b9-7+. The molecule has 19 heavy (non-hydrogen) atoms. The molecule has 0 spiro atoms. The Hall–Kier alpha value is -1.22. The number of rotatable bonds is 9. The number of halogens is 2. The number of hydrogen-bond donors (Lipinski definition) is 1. The predicted octanol–water partition coefficient (Wildman–Crippen LogP) is 4.70. The molecule has 0 aromatic heterocycles. The molecule has 0 amide bonds. The molecule has 106 valence electrons. The van der Waals surface area contributed by atoms with Crippen molar-refractivity contribution < 1.29 is 13.9 Å². The van der Waals surface area contributed by atoms with Crippen LogP contribution in [0, 0.1) is 11.6 Å². The number of unbranched alkanes of at least 4 members (excludes halogenated alkanes) is 6. The van der Waals surface area contributed by atoms with Crippen LogP contribution in [-0.4, -0.2) is 11.7 Å². The van der Waals surface area contributed by atoms with Crippen LogP contribution >= 0.6 is 0 Å². The maximum Gasteiger partial charge on any atom is 0.133 e. The lowest BCUT2D eigenvalue weighted by Gasteiger charge is -1.99.